The van der Waals surface area contributed by atoms with E-state index in [1.165, 1.54) is 0 Å². The second-order valence-corrected chi connectivity index (χ2v) is 6.11. The molecule has 1 fully saturated rings. The van der Waals surface area contributed by atoms with Gasteiger partial charge in [-0.15, -0.1) is 6.58 Å². The fourth-order valence-corrected chi connectivity index (χ4v) is 3.08. The molecule has 0 N–H and O–H groups in total. The molecule has 0 saturated carbocycles. The number of likely N-dealkylation sites (N-methyl/N-ethyl adjacent to an activating group) is 1. The van der Waals surface area contributed by atoms with Gasteiger partial charge in [0.15, 0.2) is 10.3 Å². The molecule has 1 aliphatic rings. The van der Waals surface area contributed by atoms with Crippen molar-refractivity contribution in [1.29, 1.82) is 0 Å². The van der Waals surface area contributed by atoms with Gasteiger partial charge in [0.05, 0.1) is 5.52 Å². The van der Waals surface area contributed by atoms with Crippen molar-refractivity contribution in [2.24, 2.45) is 0 Å². The summed E-state index contributed by atoms with van der Waals surface area (Å²) in [4.78, 5) is 16.9. The predicted molar refractivity (Wildman–Crippen MR) is 85.5 cm³/mol. The normalized spacial score (nSPS) is 16.6. The van der Waals surface area contributed by atoms with E-state index < -0.39 is 0 Å². The fourth-order valence-electron chi connectivity index (χ4n) is 2.69. The number of aromatic nitrogens is 1. The van der Waals surface area contributed by atoms with Gasteiger partial charge in [-0.05, 0) is 23.0 Å². The predicted octanol–water partition coefficient (Wildman–Crippen LogP) is 2.57. The lowest BCUT2D eigenvalue weighted by molar-refractivity contribution is 0.0654. The van der Waals surface area contributed by atoms with Crippen molar-refractivity contribution in [2.75, 3.05) is 33.2 Å². The molecule has 3 heterocycles. The summed E-state index contributed by atoms with van der Waals surface area (Å²) < 4.78 is 8.20. The maximum absolute atomic E-state index is 12.8. The van der Waals surface area contributed by atoms with Gasteiger partial charge in [-0.1, -0.05) is 6.08 Å². The monoisotopic (exact) mass is 351 g/mol. The van der Waals surface area contributed by atoms with E-state index in [0.29, 0.717) is 16.9 Å². The number of hydrogen-bond acceptors (Lipinski definition) is 3. The number of carbonyl (C=O) groups excluding carboxylic acids is 1. The maximum Gasteiger partial charge on any atom is 0.270 e. The third-order valence-corrected chi connectivity index (χ3v) is 4.27. The van der Waals surface area contributed by atoms with Crippen LogP contribution in [0.3, 0.4) is 0 Å². The quantitative estimate of drug-likeness (QED) is 0.798. The van der Waals surface area contributed by atoms with Crippen LogP contribution in [0.15, 0.2) is 33.9 Å². The molecule has 0 atom stereocenters. The minimum Gasteiger partial charge on any atom is -0.448 e. The van der Waals surface area contributed by atoms with Gasteiger partial charge in [0, 0.05) is 44.9 Å². The Balaban J connectivity index is 1.95. The van der Waals surface area contributed by atoms with Gasteiger partial charge >= 0.3 is 0 Å². The summed E-state index contributed by atoms with van der Waals surface area (Å²) in [5, 5.41) is 0. The summed E-state index contributed by atoms with van der Waals surface area (Å²) in [5.41, 5.74) is 2.31. The minimum atomic E-state index is 0.0625. The zero-order valence-electron chi connectivity index (χ0n) is 12.0. The molecule has 0 aromatic carbocycles. The van der Waals surface area contributed by atoms with Gasteiger partial charge in [0.2, 0.25) is 0 Å². The molecule has 1 amide bonds. The van der Waals surface area contributed by atoms with Crippen LogP contribution >= 0.6 is 15.9 Å². The van der Waals surface area contributed by atoms with Crippen molar-refractivity contribution in [3.63, 3.8) is 0 Å². The number of allylic oxidation sites excluding steroid dienone is 1. The van der Waals surface area contributed by atoms with Crippen LogP contribution in [0, 0.1) is 0 Å². The van der Waals surface area contributed by atoms with Crippen molar-refractivity contribution in [1.82, 2.24) is 14.4 Å². The largest absolute Gasteiger partial charge is 0.448 e. The molecule has 0 unspecified atom stereocenters. The van der Waals surface area contributed by atoms with Crippen LogP contribution in [-0.4, -0.2) is 53.5 Å². The van der Waals surface area contributed by atoms with Crippen molar-refractivity contribution in [3.8, 4) is 0 Å². The molecule has 0 spiro atoms. The molecule has 1 aliphatic heterocycles. The third-order valence-electron chi connectivity index (χ3n) is 3.88. The molecule has 2 aromatic heterocycles. The number of nitrogens with zero attached hydrogens (tertiary/aromatic N) is 3. The van der Waals surface area contributed by atoms with Gasteiger partial charge in [0.25, 0.3) is 5.91 Å². The van der Waals surface area contributed by atoms with Crippen LogP contribution in [-0.2, 0) is 6.54 Å². The van der Waals surface area contributed by atoms with E-state index >= 15 is 0 Å². The molecule has 3 rings (SSSR count). The van der Waals surface area contributed by atoms with Crippen LogP contribution in [0.4, 0.5) is 0 Å². The number of piperazine rings is 1. The molecular weight excluding hydrogens is 334 g/mol. The molecule has 21 heavy (non-hydrogen) atoms. The van der Waals surface area contributed by atoms with E-state index in [4.69, 9.17) is 4.42 Å². The van der Waals surface area contributed by atoms with Crippen molar-refractivity contribution in [2.45, 2.75) is 6.54 Å². The average Bonchev–Trinajstić information content (AvgIpc) is 2.97. The van der Waals surface area contributed by atoms with E-state index in [0.717, 1.165) is 37.3 Å². The Hall–Kier alpha value is -1.53. The van der Waals surface area contributed by atoms with E-state index in [-0.39, 0.29) is 5.91 Å². The summed E-state index contributed by atoms with van der Waals surface area (Å²) in [6.45, 7) is 7.72. The minimum absolute atomic E-state index is 0.0625. The van der Waals surface area contributed by atoms with Crippen molar-refractivity contribution >= 4 is 32.9 Å². The van der Waals surface area contributed by atoms with Crippen LogP contribution in [0.5, 0.6) is 0 Å². The maximum atomic E-state index is 12.8. The summed E-state index contributed by atoms with van der Waals surface area (Å²) in [7, 11) is 2.08. The van der Waals surface area contributed by atoms with E-state index in [1.54, 1.807) is 6.08 Å². The second-order valence-electron chi connectivity index (χ2n) is 5.32. The highest BCUT2D eigenvalue weighted by Crippen LogP contribution is 2.27. The Morgan fingerprint density at radius 2 is 2.10 bits per heavy atom. The molecule has 2 aromatic rings. The molecule has 6 heteroatoms. The van der Waals surface area contributed by atoms with E-state index in [1.807, 2.05) is 21.6 Å². The summed E-state index contributed by atoms with van der Waals surface area (Å²) >= 11 is 3.33. The average molecular weight is 352 g/mol. The Labute approximate surface area is 131 Å². The summed E-state index contributed by atoms with van der Waals surface area (Å²) in [5.74, 6) is 0.0625. The Kier molecular flexibility index (Phi) is 3.91. The molecule has 112 valence electrons. The first-order valence-electron chi connectivity index (χ1n) is 6.97. The first-order chi connectivity index (χ1) is 10.1. The summed E-state index contributed by atoms with van der Waals surface area (Å²) in [6, 6.07) is 3.71. The second kappa shape index (κ2) is 5.69. The van der Waals surface area contributed by atoms with Crippen LogP contribution in [0.2, 0.25) is 0 Å². The first-order valence-corrected chi connectivity index (χ1v) is 7.76. The molecule has 0 bridgehead atoms. The Morgan fingerprint density at radius 3 is 2.76 bits per heavy atom. The van der Waals surface area contributed by atoms with Crippen LogP contribution in [0.1, 0.15) is 10.5 Å². The number of hydrogen-bond donors (Lipinski definition) is 0. The van der Waals surface area contributed by atoms with Gasteiger partial charge in [-0.25, -0.2) is 0 Å². The van der Waals surface area contributed by atoms with Gasteiger partial charge in [0.1, 0.15) is 5.69 Å². The van der Waals surface area contributed by atoms with Crippen LogP contribution in [0.25, 0.3) is 11.1 Å². The number of furan rings is 1. The summed E-state index contributed by atoms with van der Waals surface area (Å²) in [6.07, 6.45) is 1.79. The van der Waals surface area contributed by atoms with Crippen molar-refractivity contribution < 1.29 is 9.21 Å². The highest BCUT2D eigenvalue weighted by Gasteiger charge is 2.25. The SMILES string of the molecule is C=CCn1c(C(=O)N2CCN(C)CC2)cc2oc(Br)cc21. The molecule has 5 nitrogen and oxygen atoms in total. The zero-order chi connectivity index (χ0) is 15.0. The smallest absolute Gasteiger partial charge is 0.270 e. The Bertz CT molecular complexity index is 680. The van der Waals surface area contributed by atoms with Gasteiger partial charge in [-0.2, -0.15) is 0 Å². The molecule has 0 aliphatic carbocycles. The first kappa shape index (κ1) is 14.4. The van der Waals surface area contributed by atoms with Crippen LogP contribution < -0.4 is 0 Å². The molecular formula is C15H18BrN3O2. The molecule has 0 radical (unpaired) electrons. The number of fused-ring (bicyclic) bond motifs is 1. The third kappa shape index (κ3) is 2.65. The Morgan fingerprint density at radius 1 is 1.38 bits per heavy atom. The van der Waals surface area contributed by atoms with Gasteiger partial charge < -0.3 is 18.8 Å². The topological polar surface area (TPSA) is 41.6 Å². The number of carbonyl (C=O) groups is 1. The van der Waals surface area contributed by atoms with Crippen molar-refractivity contribution in [3.05, 3.63) is 35.2 Å². The fraction of sp³-hybridized carbons (Fsp3) is 0.400. The number of rotatable bonds is 3. The lowest BCUT2D eigenvalue weighted by Gasteiger charge is -2.32. The number of amides is 1. The van der Waals surface area contributed by atoms with E-state index in [2.05, 4.69) is 34.5 Å². The van der Waals surface area contributed by atoms with E-state index in [9.17, 15) is 4.79 Å². The highest BCUT2D eigenvalue weighted by atomic mass is 79.9. The molecule has 1 saturated heterocycles. The standard InChI is InChI=1S/C15H18BrN3O2/c1-3-4-19-11-10-14(16)21-13(11)9-12(19)15(20)18-7-5-17(2)6-8-18/h3,9-10H,1,4-8H2,2H3. The highest BCUT2D eigenvalue weighted by molar-refractivity contribution is 9.10. The lowest BCUT2D eigenvalue weighted by Crippen LogP contribution is -2.47. The zero-order valence-corrected chi connectivity index (χ0v) is 13.6. The van der Waals surface area contributed by atoms with Gasteiger partial charge in [-0.3, -0.25) is 4.79 Å². The number of halogens is 1. The lowest BCUT2D eigenvalue weighted by atomic mass is 10.3.